The zero-order chi connectivity index (χ0) is 20.4. The molecule has 3 aromatic rings. The SMILES string of the molecule is CC(C)NC(=O)c1ccc(-n2nnc(C(=O)NC3CC3)c2-c2ccccc2)cc1. The molecule has 2 amide bonds. The second-order valence-corrected chi connectivity index (χ2v) is 7.49. The van der Waals surface area contributed by atoms with Crippen molar-refractivity contribution in [2.24, 2.45) is 0 Å². The summed E-state index contributed by atoms with van der Waals surface area (Å²) in [4.78, 5) is 24.9. The summed E-state index contributed by atoms with van der Waals surface area (Å²) in [5, 5.41) is 14.3. The number of rotatable bonds is 6. The molecule has 0 atom stereocenters. The third-order valence-corrected chi connectivity index (χ3v) is 4.64. The molecule has 0 unspecified atom stereocenters. The van der Waals surface area contributed by atoms with E-state index in [4.69, 9.17) is 0 Å². The monoisotopic (exact) mass is 389 g/mol. The summed E-state index contributed by atoms with van der Waals surface area (Å²) < 4.78 is 1.64. The minimum absolute atomic E-state index is 0.0645. The first-order chi connectivity index (χ1) is 14.0. The summed E-state index contributed by atoms with van der Waals surface area (Å²) >= 11 is 0. The highest BCUT2D eigenvalue weighted by molar-refractivity contribution is 5.98. The molecule has 7 heteroatoms. The minimum Gasteiger partial charge on any atom is -0.350 e. The standard InChI is InChI=1S/C22H23N5O2/c1-14(2)23-21(28)16-8-12-18(13-9-16)27-20(15-6-4-3-5-7-15)19(25-26-27)22(29)24-17-10-11-17/h3-9,12-14,17H,10-11H2,1-2H3,(H,23,28)(H,24,29). The van der Waals surface area contributed by atoms with Crippen LogP contribution in [0.1, 0.15) is 47.5 Å². The predicted molar refractivity (Wildman–Crippen MR) is 110 cm³/mol. The molecule has 1 aliphatic carbocycles. The van der Waals surface area contributed by atoms with Gasteiger partial charge in [0.25, 0.3) is 11.8 Å². The molecular formula is C22H23N5O2. The Hall–Kier alpha value is -3.48. The maximum Gasteiger partial charge on any atom is 0.274 e. The summed E-state index contributed by atoms with van der Waals surface area (Å²) in [5.41, 5.74) is 3.06. The number of nitrogens with zero attached hydrogens (tertiary/aromatic N) is 3. The van der Waals surface area contributed by atoms with Crippen molar-refractivity contribution in [2.75, 3.05) is 0 Å². The molecule has 1 heterocycles. The molecule has 1 aliphatic rings. The van der Waals surface area contributed by atoms with E-state index in [-0.39, 0.29) is 23.9 Å². The molecule has 0 spiro atoms. The van der Waals surface area contributed by atoms with E-state index in [2.05, 4.69) is 20.9 Å². The number of amides is 2. The van der Waals surface area contributed by atoms with Gasteiger partial charge in [0.2, 0.25) is 0 Å². The molecule has 29 heavy (non-hydrogen) atoms. The first kappa shape index (κ1) is 18.9. The number of carbonyl (C=O) groups excluding carboxylic acids is 2. The number of carbonyl (C=O) groups is 2. The molecule has 0 bridgehead atoms. The Bertz CT molecular complexity index is 1020. The normalized spacial score (nSPS) is 13.3. The van der Waals surface area contributed by atoms with Crippen molar-refractivity contribution >= 4 is 11.8 Å². The van der Waals surface area contributed by atoms with Crippen molar-refractivity contribution in [3.05, 3.63) is 65.9 Å². The van der Waals surface area contributed by atoms with Gasteiger partial charge in [0, 0.05) is 23.2 Å². The second-order valence-electron chi connectivity index (χ2n) is 7.49. The van der Waals surface area contributed by atoms with Crippen molar-refractivity contribution < 1.29 is 9.59 Å². The Kier molecular flexibility index (Phi) is 5.12. The zero-order valence-electron chi connectivity index (χ0n) is 16.4. The van der Waals surface area contributed by atoms with Gasteiger partial charge in [-0.3, -0.25) is 9.59 Å². The van der Waals surface area contributed by atoms with Gasteiger partial charge >= 0.3 is 0 Å². The van der Waals surface area contributed by atoms with Crippen molar-refractivity contribution in [1.82, 2.24) is 25.6 Å². The maximum atomic E-state index is 12.7. The summed E-state index contributed by atoms with van der Waals surface area (Å²) in [6, 6.07) is 17.0. The first-order valence-electron chi connectivity index (χ1n) is 9.76. The van der Waals surface area contributed by atoms with E-state index < -0.39 is 0 Å². The van der Waals surface area contributed by atoms with Gasteiger partial charge in [0.1, 0.15) is 5.69 Å². The van der Waals surface area contributed by atoms with Crippen LogP contribution >= 0.6 is 0 Å². The number of nitrogens with one attached hydrogen (secondary N) is 2. The topological polar surface area (TPSA) is 88.9 Å². The minimum atomic E-state index is -0.217. The third kappa shape index (κ3) is 4.18. The van der Waals surface area contributed by atoms with Crippen LogP contribution in [-0.2, 0) is 0 Å². The fourth-order valence-electron chi connectivity index (χ4n) is 3.05. The first-order valence-corrected chi connectivity index (χ1v) is 9.76. The second kappa shape index (κ2) is 7.87. The van der Waals surface area contributed by atoms with Crippen LogP contribution in [0.5, 0.6) is 0 Å². The smallest absolute Gasteiger partial charge is 0.274 e. The van der Waals surface area contributed by atoms with Crippen LogP contribution in [0.15, 0.2) is 54.6 Å². The molecule has 4 rings (SSSR count). The van der Waals surface area contributed by atoms with E-state index in [1.54, 1.807) is 28.9 Å². The molecule has 2 aromatic carbocycles. The van der Waals surface area contributed by atoms with Crippen LogP contribution in [0.4, 0.5) is 0 Å². The number of hydrogen-bond acceptors (Lipinski definition) is 4. The van der Waals surface area contributed by atoms with E-state index >= 15 is 0 Å². The molecular weight excluding hydrogens is 366 g/mol. The Labute approximate surface area is 169 Å². The Morgan fingerprint density at radius 1 is 1.00 bits per heavy atom. The zero-order valence-corrected chi connectivity index (χ0v) is 16.4. The lowest BCUT2D eigenvalue weighted by Gasteiger charge is -2.11. The largest absolute Gasteiger partial charge is 0.350 e. The lowest BCUT2D eigenvalue weighted by atomic mass is 10.1. The summed E-state index contributed by atoms with van der Waals surface area (Å²) in [6.07, 6.45) is 2.00. The highest BCUT2D eigenvalue weighted by Crippen LogP contribution is 2.26. The van der Waals surface area contributed by atoms with E-state index in [0.29, 0.717) is 17.0 Å². The van der Waals surface area contributed by atoms with Crippen LogP contribution in [0.25, 0.3) is 16.9 Å². The summed E-state index contributed by atoms with van der Waals surface area (Å²) in [7, 11) is 0. The average Bonchev–Trinajstić information content (AvgIpc) is 3.42. The van der Waals surface area contributed by atoms with Gasteiger partial charge in [0.05, 0.1) is 5.69 Å². The van der Waals surface area contributed by atoms with Gasteiger partial charge in [0.15, 0.2) is 5.69 Å². The van der Waals surface area contributed by atoms with E-state index in [0.717, 1.165) is 24.1 Å². The van der Waals surface area contributed by atoms with Crippen LogP contribution in [0.3, 0.4) is 0 Å². The molecule has 7 nitrogen and oxygen atoms in total. The van der Waals surface area contributed by atoms with E-state index in [1.807, 2.05) is 44.2 Å². The molecule has 0 aliphatic heterocycles. The number of aromatic nitrogens is 3. The predicted octanol–water partition coefficient (Wildman–Crippen LogP) is 2.96. The average molecular weight is 389 g/mol. The van der Waals surface area contributed by atoms with Crippen LogP contribution in [0.2, 0.25) is 0 Å². The lowest BCUT2D eigenvalue weighted by molar-refractivity contribution is 0.0936. The third-order valence-electron chi connectivity index (χ3n) is 4.64. The summed E-state index contributed by atoms with van der Waals surface area (Å²) in [5.74, 6) is -0.344. The molecule has 1 aromatic heterocycles. The fraction of sp³-hybridized carbons (Fsp3) is 0.273. The summed E-state index contributed by atoms with van der Waals surface area (Å²) in [6.45, 7) is 3.84. The molecule has 1 saturated carbocycles. The molecule has 2 N–H and O–H groups in total. The highest BCUT2D eigenvalue weighted by atomic mass is 16.2. The molecule has 0 saturated heterocycles. The van der Waals surface area contributed by atoms with E-state index in [1.165, 1.54) is 0 Å². The van der Waals surface area contributed by atoms with Gasteiger partial charge in [-0.05, 0) is 51.0 Å². The lowest BCUT2D eigenvalue weighted by Crippen LogP contribution is -2.30. The molecule has 148 valence electrons. The van der Waals surface area contributed by atoms with Gasteiger partial charge in [-0.1, -0.05) is 35.5 Å². The van der Waals surface area contributed by atoms with Crippen molar-refractivity contribution in [3.8, 4) is 16.9 Å². The van der Waals surface area contributed by atoms with Crippen molar-refractivity contribution in [3.63, 3.8) is 0 Å². The van der Waals surface area contributed by atoms with E-state index in [9.17, 15) is 9.59 Å². The van der Waals surface area contributed by atoms with Crippen molar-refractivity contribution in [1.29, 1.82) is 0 Å². The quantitative estimate of drug-likeness (QED) is 0.678. The number of hydrogen-bond donors (Lipinski definition) is 2. The van der Waals surface area contributed by atoms with Gasteiger partial charge in [-0.15, -0.1) is 5.10 Å². The molecule has 1 fully saturated rings. The fourth-order valence-corrected chi connectivity index (χ4v) is 3.05. The van der Waals surface area contributed by atoms with Crippen LogP contribution in [0, 0.1) is 0 Å². The number of benzene rings is 2. The van der Waals surface area contributed by atoms with Gasteiger partial charge in [-0.25, -0.2) is 4.68 Å². The Morgan fingerprint density at radius 3 is 2.31 bits per heavy atom. The van der Waals surface area contributed by atoms with Crippen LogP contribution in [-0.4, -0.2) is 38.9 Å². The maximum absolute atomic E-state index is 12.7. The van der Waals surface area contributed by atoms with Gasteiger partial charge in [-0.2, -0.15) is 0 Å². The Morgan fingerprint density at radius 2 is 1.69 bits per heavy atom. The van der Waals surface area contributed by atoms with Crippen LogP contribution < -0.4 is 10.6 Å². The van der Waals surface area contributed by atoms with Gasteiger partial charge < -0.3 is 10.6 Å². The highest BCUT2D eigenvalue weighted by Gasteiger charge is 2.28. The Balaban J connectivity index is 1.71. The van der Waals surface area contributed by atoms with Crippen molar-refractivity contribution in [2.45, 2.75) is 38.8 Å². The molecule has 0 radical (unpaired) electrons.